The molecular formula is C13H26N2O. The summed E-state index contributed by atoms with van der Waals surface area (Å²) in [6.07, 6.45) is 6.48. The van der Waals surface area contributed by atoms with Gasteiger partial charge in [-0.05, 0) is 45.1 Å². The summed E-state index contributed by atoms with van der Waals surface area (Å²) in [5.41, 5.74) is 6.10. The van der Waals surface area contributed by atoms with E-state index in [0.717, 1.165) is 19.1 Å². The lowest BCUT2D eigenvalue weighted by Crippen LogP contribution is -2.50. The van der Waals surface area contributed by atoms with Crippen LogP contribution in [0.5, 0.6) is 0 Å². The maximum absolute atomic E-state index is 6.10. The Bertz CT molecular complexity index is 202. The average Bonchev–Trinajstić information content (AvgIpc) is 2.31. The van der Waals surface area contributed by atoms with E-state index in [-0.39, 0.29) is 0 Å². The second kappa shape index (κ2) is 5.99. The van der Waals surface area contributed by atoms with Crippen molar-refractivity contribution in [3.8, 4) is 0 Å². The van der Waals surface area contributed by atoms with Crippen LogP contribution in [0.1, 0.15) is 39.0 Å². The number of piperidine rings is 1. The van der Waals surface area contributed by atoms with Gasteiger partial charge in [0.2, 0.25) is 0 Å². The van der Waals surface area contributed by atoms with Gasteiger partial charge >= 0.3 is 0 Å². The minimum Gasteiger partial charge on any atom is -0.381 e. The van der Waals surface area contributed by atoms with Gasteiger partial charge in [-0.2, -0.15) is 0 Å². The summed E-state index contributed by atoms with van der Waals surface area (Å²) < 4.78 is 5.42. The fraction of sp³-hybridized carbons (Fsp3) is 1.00. The second-order valence-corrected chi connectivity index (χ2v) is 5.47. The van der Waals surface area contributed by atoms with Crippen molar-refractivity contribution in [2.75, 3.05) is 26.3 Å². The molecule has 3 heteroatoms. The van der Waals surface area contributed by atoms with Crippen molar-refractivity contribution >= 4 is 0 Å². The summed E-state index contributed by atoms with van der Waals surface area (Å²) in [5, 5.41) is 0. The first-order valence-electron chi connectivity index (χ1n) is 6.85. The van der Waals surface area contributed by atoms with Crippen molar-refractivity contribution in [1.82, 2.24) is 4.90 Å². The summed E-state index contributed by atoms with van der Waals surface area (Å²) >= 11 is 0. The molecule has 2 fully saturated rings. The lowest BCUT2D eigenvalue weighted by Gasteiger charge is -2.40. The highest BCUT2D eigenvalue weighted by atomic mass is 16.5. The highest BCUT2D eigenvalue weighted by molar-refractivity contribution is 4.84. The monoisotopic (exact) mass is 226 g/mol. The van der Waals surface area contributed by atoms with Gasteiger partial charge in [0.05, 0.1) is 0 Å². The van der Waals surface area contributed by atoms with Gasteiger partial charge in [-0.15, -0.1) is 0 Å². The van der Waals surface area contributed by atoms with Gasteiger partial charge in [0.1, 0.15) is 0 Å². The van der Waals surface area contributed by atoms with E-state index in [1.807, 2.05) is 0 Å². The molecule has 2 unspecified atom stereocenters. The van der Waals surface area contributed by atoms with Crippen LogP contribution in [-0.4, -0.2) is 43.3 Å². The molecule has 2 saturated heterocycles. The quantitative estimate of drug-likeness (QED) is 0.794. The summed E-state index contributed by atoms with van der Waals surface area (Å²) in [7, 11) is 0. The molecule has 0 saturated carbocycles. The summed E-state index contributed by atoms with van der Waals surface area (Å²) in [6.45, 7) is 6.58. The summed E-state index contributed by atoms with van der Waals surface area (Å²) in [5.74, 6) is 0.841. The van der Waals surface area contributed by atoms with Crippen LogP contribution in [-0.2, 0) is 4.74 Å². The van der Waals surface area contributed by atoms with Crippen LogP contribution in [0.2, 0.25) is 0 Å². The molecule has 0 aromatic rings. The van der Waals surface area contributed by atoms with E-state index in [1.54, 1.807) is 0 Å². The minimum atomic E-state index is 0.320. The maximum Gasteiger partial charge on any atom is 0.0469 e. The van der Waals surface area contributed by atoms with E-state index in [2.05, 4.69) is 11.8 Å². The molecule has 2 aliphatic heterocycles. The molecule has 0 amide bonds. The van der Waals surface area contributed by atoms with E-state index in [0.29, 0.717) is 12.1 Å². The predicted octanol–water partition coefficient (Wildman–Crippen LogP) is 1.61. The SMILES string of the molecule is CC(N)C1CCCCN1CC1CCOCC1. The van der Waals surface area contributed by atoms with Gasteiger partial charge in [-0.3, -0.25) is 4.90 Å². The molecule has 2 atom stereocenters. The first-order valence-corrected chi connectivity index (χ1v) is 6.85. The first-order chi connectivity index (χ1) is 7.77. The molecular weight excluding hydrogens is 200 g/mol. The molecule has 0 bridgehead atoms. The van der Waals surface area contributed by atoms with Gasteiger partial charge in [0, 0.05) is 31.8 Å². The van der Waals surface area contributed by atoms with Crippen molar-refractivity contribution in [3.05, 3.63) is 0 Å². The van der Waals surface area contributed by atoms with Crippen molar-refractivity contribution < 1.29 is 4.74 Å². The Kier molecular flexibility index (Phi) is 4.62. The molecule has 0 aliphatic carbocycles. The number of ether oxygens (including phenoxy) is 1. The zero-order chi connectivity index (χ0) is 11.4. The highest BCUT2D eigenvalue weighted by Gasteiger charge is 2.27. The molecule has 0 spiro atoms. The van der Waals surface area contributed by atoms with Crippen LogP contribution < -0.4 is 5.73 Å². The smallest absolute Gasteiger partial charge is 0.0469 e. The van der Waals surface area contributed by atoms with Crippen molar-refractivity contribution in [2.24, 2.45) is 11.7 Å². The van der Waals surface area contributed by atoms with Gasteiger partial charge in [-0.1, -0.05) is 6.42 Å². The van der Waals surface area contributed by atoms with E-state index >= 15 is 0 Å². The average molecular weight is 226 g/mol. The van der Waals surface area contributed by atoms with E-state index in [1.165, 1.54) is 45.2 Å². The van der Waals surface area contributed by atoms with Crippen LogP contribution in [0.3, 0.4) is 0 Å². The predicted molar refractivity (Wildman–Crippen MR) is 66.4 cm³/mol. The number of nitrogens with zero attached hydrogens (tertiary/aromatic N) is 1. The molecule has 0 radical (unpaired) electrons. The van der Waals surface area contributed by atoms with E-state index < -0.39 is 0 Å². The Morgan fingerprint density at radius 1 is 1.25 bits per heavy atom. The highest BCUT2D eigenvalue weighted by Crippen LogP contribution is 2.23. The summed E-state index contributed by atoms with van der Waals surface area (Å²) in [6, 6.07) is 0.941. The number of likely N-dealkylation sites (tertiary alicyclic amines) is 1. The molecule has 3 nitrogen and oxygen atoms in total. The second-order valence-electron chi connectivity index (χ2n) is 5.47. The zero-order valence-electron chi connectivity index (χ0n) is 10.5. The standard InChI is InChI=1S/C13H26N2O/c1-11(14)13-4-2-3-7-15(13)10-12-5-8-16-9-6-12/h11-13H,2-10,14H2,1H3. The normalized spacial score (nSPS) is 31.5. The zero-order valence-corrected chi connectivity index (χ0v) is 10.5. The minimum absolute atomic E-state index is 0.320. The molecule has 94 valence electrons. The van der Waals surface area contributed by atoms with Gasteiger partial charge < -0.3 is 10.5 Å². The van der Waals surface area contributed by atoms with E-state index in [9.17, 15) is 0 Å². The first kappa shape index (κ1) is 12.3. The lowest BCUT2D eigenvalue weighted by atomic mass is 9.93. The Labute approximate surface area is 99.3 Å². The maximum atomic E-state index is 6.10. The largest absolute Gasteiger partial charge is 0.381 e. The fourth-order valence-electron chi connectivity index (χ4n) is 3.10. The van der Waals surface area contributed by atoms with Crippen molar-refractivity contribution in [3.63, 3.8) is 0 Å². The van der Waals surface area contributed by atoms with E-state index in [4.69, 9.17) is 10.5 Å². The van der Waals surface area contributed by atoms with Crippen LogP contribution in [0, 0.1) is 5.92 Å². The Morgan fingerprint density at radius 3 is 2.69 bits per heavy atom. The Hall–Kier alpha value is -0.120. The number of hydrogen-bond acceptors (Lipinski definition) is 3. The van der Waals surface area contributed by atoms with Gasteiger partial charge in [0.25, 0.3) is 0 Å². The molecule has 16 heavy (non-hydrogen) atoms. The number of nitrogens with two attached hydrogens (primary N) is 1. The summed E-state index contributed by atoms with van der Waals surface area (Å²) in [4.78, 5) is 2.64. The number of rotatable bonds is 3. The fourth-order valence-corrected chi connectivity index (χ4v) is 3.10. The Morgan fingerprint density at radius 2 is 2.00 bits per heavy atom. The molecule has 0 aromatic heterocycles. The third-order valence-corrected chi connectivity index (χ3v) is 4.10. The molecule has 2 rings (SSSR count). The van der Waals surface area contributed by atoms with Crippen molar-refractivity contribution in [1.29, 1.82) is 0 Å². The van der Waals surface area contributed by atoms with Crippen LogP contribution in [0.25, 0.3) is 0 Å². The lowest BCUT2D eigenvalue weighted by molar-refractivity contribution is 0.0354. The molecule has 0 aromatic carbocycles. The topological polar surface area (TPSA) is 38.5 Å². The third-order valence-electron chi connectivity index (χ3n) is 4.10. The van der Waals surface area contributed by atoms with Crippen LogP contribution in [0.15, 0.2) is 0 Å². The van der Waals surface area contributed by atoms with Gasteiger partial charge in [-0.25, -0.2) is 0 Å². The Balaban J connectivity index is 1.85. The molecule has 2 aliphatic rings. The molecule has 2 heterocycles. The van der Waals surface area contributed by atoms with Crippen LogP contribution in [0.4, 0.5) is 0 Å². The molecule has 2 N–H and O–H groups in total. The number of hydrogen-bond donors (Lipinski definition) is 1. The van der Waals surface area contributed by atoms with Crippen molar-refractivity contribution in [2.45, 2.75) is 51.1 Å². The third kappa shape index (κ3) is 3.19. The van der Waals surface area contributed by atoms with Crippen LogP contribution >= 0.6 is 0 Å². The van der Waals surface area contributed by atoms with Gasteiger partial charge in [0.15, 0.2) is 0 Å².